The lowest BCUT2D eigenvalue weighted by Gasteiger charge is -2.30. The number of nitrogens with zero attached hydrogens (tertiary/aromatic N) is 1. The molecule has 0 heterocycles. The third kappa shape index (κ3) is 3.95. The van der Waals surface area contributed by atoms with Gasteiger partial charge in [-0.1, -0.05) is 37.3 Å². The van der Waals surface area contributed by atoms with Gasteiger partial charge in [-0.2, -0.15) is 0 Å². The Labute approximate surface area is 99.7 Å². The Morgan fingerprint density at radius 3 is 2.38 bits per heavy atom. The molecule has 0 aromatic heterocycles. The lowest BCUT2D eigenvalue weighted by atomic mass is 10.1. The normalized spacial score (nSPS) is 15.1. The van der Waals surface area contributed by atoms with Crippen molar-refractivity contribution in [1.82, 2.24) is 10.2 Å². The van der Waals surface area contributed by atoms with Gasteiger partial charge in [0.1, 0.15) is 0 Å². The quantitative estimate of drug-likeness (QED) is 0.792. The molecule has 0 saturated carbocycles. The molecular weight excluding hydrogens is 196 g/mol. The van der Waals surface area contributed by atoms with Crippen LogP contribution in [0.1, 0.15) is 26.3 Å². The van der Waals surface area contributed by atoms with E-state index in [1.54, 1.807) is 0 Å². The molecule has 0 radical (unpaired) electrons. The molecule has 1 aromatic carbocycles. The van der Waals surface area contributed by atoms with Gasteiger partial charge in [0, 0.05) is 18.6 Å². The van der Waals surface area contributed by atoms with E-state index in [-0.39, 0.29) is 0 Å². The summed E-state index contributed by atoms with van der Waals surface area (Å²) in [4.78, 5) is 2.39. The van der Waals surface area contributed by atoms with E-state index in [2.05, 4.69) is 68.4 Å². The van der Waals surface area contributed by atoms with E-state index in [1.807, 2.05) is 0 Å². The molecule has 1 rings (SSSR count). The van der Waals surface area contributed by atoms with E-state index in [4.69, 9.17) is 0 Å². The van der Waals surface area contributed by atoms with Gasteiger partial charge in [0.05, 0.1) is 0 Å². The van der Waals surface area contributed by atoms with Crippen LogP contribution < -0.4 is 5.32 Å². The maximum absolute atomic E-state index is 3.47. The molecule has 0 fully saturated rings. The number of benzene rings is 1. The van der Waals surface area contributed by atoms with Crippen LogP contribution in [0.2, 0.25) is 0 Å². The first-order chi connectivity index (χ1) is 7.65. The molecule has 0 aliphatic heterocycles. The zero-order valence-electron chi connectivity index (χ0n) is 10.9. The fourth-order valence-electron chi connectivity index (χ4n) is 1.89. The van der Waals surface area contributed by atoms with Gasteiger partial charge in [-0.3, -0.25) is 4.90 Å². The largest absolute Gasteiger partial charge is 0.313 e. The summed E-state index contributed by atoms with van der Waals surface area (Å²) in [7, 11) is 2.19. The number of hydrogen-bond acceptors (Lipinski definition) is 2. The van der Waals surface area contributed by atoms with Crippen molar-refractivity contribution in [3.8, 4) is 0 Å². The zero-order chi connectivity index (χ0) is 12.0. The highest BCUT2D eigenvalue weighted by atomic mass is 15.2. The number of nitrogens with one attached hydrogen (secondary N) is 1. The average Bonchev–Trinajstić information content (AvgIpc) is 2.29. The third-order valence-corrected chi connectivity index (χ3v) is 3.22. The number of rotatable bonds is 6. The van der Waals surface area contributed by atoms with Crippen LogP contribution in [0, 0.1) is 0 Å². The second-order valence-corrected chi connectivity index (χ2v) is 4.49. The SMILES string of the molecule is CCNC(C)C(C)N(C)Cc1ccccc1. The smallest absolute Gasteiger partial charge is 0.0234 e. The zero-order valence-corrected chi connectivity index (χ0v) is 10.9. The minimum atomic E-state index is 0.527. The monoisotopic (exact) mass is 220 g/mol. The summed E-state index contributed by atoms with van der Waals surface area (Å²) in [5, 5.41) is 3.47. The first-order valence-electron chi connectivity index (χ1n) is 6.12. The van der Waals surface area contributed by atoms with Gasteiger partial charge >= 0.3 is 0 Å². The van der Waals surface area contributed by atoms with E-state index in [9.17, 15) is 0 Å². The van der Waals surface area contributed by atoms with Gasteiger partial charge in [0.25, 0.3) is 0 Å². The Balaban J connectivity index is 2.48. The molecule has 0 amide bonds. The molecule has 0 aliphatic rings. The molecule has 1 aromatic rings. The number of likely N-dealkylation sites (N-methyl/N-ethyl adjacent to an activating group) is 2. The van der Waals surface area contributed by atoms with E-state index in [0.717, 1.165) is 13.1 Å². The molecule has 2 heteroatoms. The minimum absolute atomic E-state index is 0.527. The summed E-state index contributed by atoms with van der Waals surface area (Å²) in [5.41, 5.74) is 1.38. The lowest BCUT2D eigenvalue weighted by Crippen LogP contribution is -2.44. The molecule has 0 aliphatic carbocycles. The van der Waals surface area contributed by atoms with Crippen LogP contribution >= 0.6 is 0 Å². The highest BCUT2D eigenvalue weighted by Crippen LogP contribution is 2.08. The Morgan fingerprint density at radius 2 is 1.81 bits per heavy atom. The maximum Gasteiger partial charge on any atom is 0.0234 e. The maximum atomic E-state index is 3.47. The highest BCUT2D eigenvalue weighted by molar-refractivity contribution is 5.14. The Hall–Kier alpha value is -0.860. The molecule has 0 bridgehead atoms. The molecule has 90 valence electrons. The average molecular weight is 220 g/mol. The molecule has 2 unspecified atom stereocenters. The Morgan fingerprint density at radius 1 is 1.19 bits per heavy atom. The van der Waals surface area contributed by atoms with E-state index >= 15 is 0 Å². The summed E-state index contributed by atoms with van der Waals surface area (Å²) in [6.45, 7) is 8.72. The van der Waals surface area contributed by atoms with E-state index in [1.165, 1.54) is 5.56 Å². The molecule has 0 spiro atoms. The van der Waals surface area contributed by atoms with Crippen molar-refractivity contribution in [3.63, 3.8) is 0 Å². The predicted octanol–water partition coefficient (Wildman–Crippen LogP) is 2.50. The topological polar surface area (TPSA) is 15.3 Å². The van der Waals surface area contributed by atoms with Crippen LogP contribution in [0.25, 0.3) is 0 Å². The van der Waals surface area contributed by atoms with Crippen molar-refractivity contribution in [1.29, 1.82) is 0 Å². The van der Waals surface area contributed by atoms with Crippen molar-refractivity contribution < 1.29 is 0 Å². The summed E-state index contributed by atoms with van der Waals surface area (Å²) in [6.07, 6.45) is 0. The fourth-order valence-corrected chi connectivity index (χ4v) is 1.89. The van der Waals surface area contributed by atoms with Gasteiger partial charge < -0.3 is 5.32 Å². The van der Waals surface area contributed by atoms with Crippen molar-refractivity contribution in [2.45, 2.75) is 39.4 Å². The van der Waals surface area contributed by atoms with Crippen LogP contribution in [0.15, 0.2) is 30.3 Å². The molecule has 2 nitrogen and oxygen atoms in total. The van der Waals surface area contributed by atoms with E-state index in [0.29, 0.717) is 12.1 Å². The Bertz CT molecular complexity index is 284. The number of hydrogen-bond donors (Lipinski definition) is 1. The molecule has 2 atom stereocenters. The standard InChI is InChI=1S/C14H24N2/c1-5-15-12(2)13(3)16(4)11-14-9-7-6-8-10-14/h6-10,12-13,15H,5,11H2,1-4H3. The van der Waals surface area contributed by atoms with Crippen molar-refractivity contribution in [2.24, 2.45) is 0 Å². The van der Waals surface area contributed by atoms with Crippen molar-refractivity contribution >= 4 is 0 Å². The molecule has 1 N–H and O–H groups in total. The van der Waals surface area contributed by atoms with Crippen LogP contribution in [0.5, 0.6) is 0 Å². The second-order valence-electron chi connectivity index (χ2n) is 4.49. The van der Waals surface area contributed by atoms with Crippen molar-refractivity contribution in [3.05, 3.63) is 35.9 Å². The highest BCUT2D eigenvalue weighted by Gasteiger charge is 2.15. The third-order valence-electron chi connectivity index (χ3n) is 3.22. The summed E-state index contributed by atoms with van der Waals surface area (Å²) >= 11 is 0. The fraction of sp³-hybridized carbons (Fsp3) is 0.571. The van der Waals surface area contributed by atoms with Crippen LogP contribution in [0.4, 0.5) is 0 Å². The van der Waals surface area contributed by atoms with Crippen LogP contribution in [0.3, 0.4) is 0 Å². The lowest BCUT2D eigenvalue weighted by molar-refractivity contribution is 0.207. The summed E-state index contributed by atoms with van der Waals surface area (Å²) in [5.74, 6) is 0. The first-order valence-corrected chi connectivity index (χ1v) is 6.12. The second kappa shape index (κ2) is 6.66. The first kappa shape index (κ1) is 13.2. The van der Waals surface area contributed by atoms with Crippen LogP contribution in [-0.2, 0) is 6.54 Å². The minimum Gasteiger partial charge on any atom is -0.313 e. The van der Waals surface area contributed by atoms with Gasteiger partial charge in [-0.25, -0.2) is 0 Å². The van der Waals surface area contributed by atoms with Crippen LogP contribution in [-0.4, -0.2) is 30.6 Å². The van der Waals surface area contributed by atoms with E-state index < -0.39 is 0 Å². The Kier molecular flexibility index (Phi) is 5.50. The van der Waals surface area contributed by atoms with Gasteiger partial charge in [0.2, 0.25) is 0 Å². The molecular formula is C14H24N2. The summed E-state index contributed by atoms with van der Waals surface area (Å²) < 4.78 is 0. The van der Waals surface area contributed by atoms with Gasteiger partial charge in [0.15, 0.2) is 0 Å². The van der Waals surface area contributed by atoms with Crippen molar-refractivity contribution in [2.75, 3.05) is 13.6 Å². The predicted molar refractivity (Wildman–Crippen MR) is 70.5 cm³/mol. The summed E-state index contributed by atoms with van der Waals surface area (Å²) in [6, 6.07) is 11.7. The molecule has 0 saturated heterocycles. The molecule has 16 heavy (non-hydrogen) atoms. The van der Waals surface area contributed by atoms with Gasteiger partial charge in [-0.05, 0) is 33.0 Å². The van der Waals surface area contributed by atoms with Gasteiger partial charge in [-0.15, -0.1) is 0 Å².